The molecule has 1 amide bonds. The number of carbonyl (C=O) groups is 1. The van der Waals surface area contributed by atoms with Crippen molar-refractivity contribution in [3.05, 3.63) is 107 Å². The number of benzene rings is 2. The zero-order valence-electron chi connectivity index (χ0n) is 22.2. The fraction of sp³-hybridized carbons (Fsp3) is 0.312. The van der Waals surface area contributed by atoms with Crippen LogP contribution in [0.25, 0.3) is 11.3 Å². The van der Waals surface area contributed by atoms with Crippen molar-refractivity contribution in [3.63, 3.8) is 0 Å². The summed E-state index contributed by atoms with van der Waals surface area (Å²) in [7, 11) is 0. The highest BCUT2D eigenvalue weighted by atomic mass is 16.1. The van der Waals surface area contributed by atoms with Gasteiger partial charge in [-0.15, -0.1) is 0 Å². The Morgan fingerprint density at radius 1 is 1.03 bits per heavy atom. The van der Waals surface area contributed by atoms with E-state index in [9.17, 15) is 4.79 Å². The molecule has 2 aromatic heterocycles. The molecule has 0 aliphatic carbocycles. The van der Waals surface area contributed by atoms with E-state index in [1.54, 1.807) is 18.6 Å². The lowest BCUT2D eigenvalue weighted by atomic mass is 9.89. The average molecular weight is 506 g/mol. The summed E-state index contributed by atoms with van der Waals surface area (Å²) in [6, 6.07) is 20.0. The lowest BCUT2D eigenvalue weighted by molar-refractivity contribution is 0.102. The zero-order chi connectivity index (χ0) is 26.3. The number of aromatic nitrogens is 3. The highest BCUT2D eigenvalue weighted by Gasteiger charge is 2.20. The van der Waals surface area contributed by atoms with Crippen LogP contribution >= 0.6 is 0 Å². The average Bonchev–Trinajstić information content (AvgIpc) is 2.96. The third-order valence-electron chi connectivity index (χ3n) is 7.39. The van der Waals surface area contributed by atoms with Gasteiger partial charge in [-0.1, -0.05) is 25.1 Å². The Hall–Kier alpha value is -3.90. The summed E-state index contributed by atoms with van der Waals surface area (Å²) in [5.74, 6) is 1.20. The Morgan fingerprint density at radius 3 is 2.58 bits per heavy atom. The molecule has 0 unspecified atom stereocenters. The van der Waals surface area contributed by atoms with Gasteiger partial charge in [-0.25, -0.2) is 9.97 Å². The van der Waals surface area contributed by atoms with E-state index < -0.39 is 0 Å². The van der Waals surface area contributed by atoms with E-state index in [1.807, 2.05) is 55.5 Å². The Balaban J connectivity index is 1.24. The number of aryl methyl sites for hydroxylation is 1. The zero-order valence-corrected chi connectivity index (χ0v) is 22.2. The number of carbonyl (C=O) groups excluding carboxylic acids is 1. The number of nitrogens with zero attached hydrogens (tertiary/aromatic N) is 4. The van der Waals surface area contributed by atoms with Crippen LogP contribution < -0.4 is 5.32 Å². The Labute approximate surface area is 225 Å². The summed E-state index contributed by atoms with van der Waals surface area (Å²) in [6.45, 7) is 7.84. The predicted molar refractivity (Wildman–Crippen MR) is 152 cm³/mol. The van der Waals surface area contributed by atoms with Crippen LogP contribution in [0.1, 0.15) is 65.0 Å². The van der Waals surface area contributed by atoms with E-state index in [2.05, 4.69) is 39.2 Å². The monoisotopic (exact) mass is 505 g/mol. The van der Waals surface area contributed by atoms with Crippen molar-refractivity contribution in [2.75, 3.05) is 25.0 Å². The lowest BCUT2D eigenvalue weighted by Gasteiger charge is -2.32. The highest BCUT2D eigenvalue weighted by molar-refractivity contribution is 6.04. The van der Waals surface area contributed by atoms with Crippen molar-refractivity contribution in [3.8, 4) is 11.3 Å². The van der Waals surface area contributed by atoms with Gasteiger partial charge in [0.25, 0.3) is 5.91 Å². The molecule has 1 N–H and O–H groups in total. The van der Waals surface area contributed by atoms with Gasteiger partial charge in [0.2, 0.25) is 0 Å². The maximum absolute atomic E-state index is 13.1. The molecule has 1 aliphatic heterocycles. The van der Waals surface area contributed by atoms with Crippen molar-refractivity contribution in [2.45, 2.75) is 45.4 Å². The molecule has 0 radical (unpaired) electrons. The van der Waals surface area contributed by atoms with Crippen LogP contribution in [0, 0.1) is 6.92 Å². The van der Waals surface area contributed by atoms with Crippen LogP contribution in [-0.4, -0.2) is 45.4 Å². The number of hydrogen-bond acceptors (Lipinski definition) is 5. The number of likely N-dealkylation sites (tertiary alicyclic amines) is 1. The topological polar surface area (TPSA) is 71.0 Å². The summed E-state index contributed by atoms with van der Waals surface area (Å²) < 4.78 is 0. The summed E-state index contributed by atoms with van der Waals surface area (Å²) in [6.07, 6.45) is 9.48. The van der Waals surface area contributed by atoms with E-state index in [1.165, 1.54) is 44.5 Å². The molecule has 38 heavy (non-hydrogen) atoms. The van der Waals surface area contributed by atoms with E-state index in [0.29, 0.717) is 23.7 Å². The van der Waals surface area contributed by atoms with Crippen LogP contribution in [0.2, 0.25) is 0 Å². The normalized spacial score (nSPS) is 14.4. The smallest absolute Gasteiger partial charge is 0.255 e. The van der Waals surface area contributed by atoms with Gasteiger partial charge in [0.1, 0.15) is 5.82 Å². The molecule has 6 nitrogen and oxygen atoms in total. The molecule has 0 bridgehead atoms. The molecule has 194 valence electrons. The molecule has 4 aromatic rings. The van der Waals surface area contributed by atoms with Crippen molar-refractivity contribution in [1.29, 1.82) is 0 Å². The molecular weight excluding hydrogens is 470 g/mol. The minimum Gasteiger partial charge on any atom is -0.322 e. The first-order chi connectivity index (χ1) is 18.6. The van der Waals surface area contributed by atoms with Crippen molar-refractivity contribution in [2.24, 2.45) is 0 Å². The fourth-order valence-electron chi connectivity index (χ4n) is 5.18. The quantitative estimate of drug-likeness (QED) is 0.305. The standard InChI is InChI=1S/C32H35N5O/c1-3-17-37-18-13-25(14-19-37)24-8-10-29(11-9-24)35-32(38)26-7-6-23(2)28(20-26)21-31-34-16-12-30(36-31)27-5-4-15-33-22-27/h4-12,15-16,20,22,25H,3,13-14,17-19,21H2,1-2H3,(H,35,38). The van der Waals surface area contributed by atoms with Gasteiger partial charge in [0, 0.05) is 41.8 Å². The molecule has 2 aromatic carbocycles. The van der Waals surface area contributed by atoms with E-state index in [4.69, 9.17) is 4.98 Å². The van der Waals surface area contributed by atoms with Crippen LogP contribution in [0.5, 0.6) is 0 Å². The summed E-state index contributed by atoms with van der Waals surface area (Å²) in [4.78, 5) is 29.0. The Morgan fingerprint density at radius 2 is 1.84 bits per heavy atom. The predicted octanol–water partition coefficient (Wildman–Crippen LogP) is 6.28. The maximum atomic E-state index is 13.1. The molecule has 0 spiro atoms. The van der Waals surface area contributed by atoms with Gasteiger partial charge in [-0.05, 0) is 111 Å². The number of pyridine rings is 1. The molecule has 0 atom stereocenters. The lowest BCUT2D eigenvalue weighted by Crippen LogP contribution is -2.33. The van der Waals surface area contributed by atoms with Crippen molar-refractivity contribution in [1.82, 2.24) is 19.9 Å². The first-order valence-corrected chi connectivity index (χ1v) is 13.5. The molecule has 1 saturated heterocycles. The van der Waals surface area contributed by atoms with Gasteiger partial charge in [-0.2, -0.15) is 0 Å². The number of piperidine rings is 1. The van der Waals surface area contributed by atoms with Gasteiger partial charge >= 0.3 is 0 Å². The van der Waals surface area contributed by atoms with Crippen LogP contribution in [0.15, 0.2) is 79.3 Å². The molecule has 3 heterocycles. The Bertz CT molecular complexity index is 1360. The van der Waals surface area contributed by atoms with Gasteiger partial charge in [-0.3, -0.25) is 9.78 Å². The van der Waals surface area contributed by atoms with E-state index in [-0.39, 0.29) is 5.91 Å². The van der Waals surface area contributed by atoms with Crippen molar-refractivity contribution < 1.29 is 4.79 Å². The first-order valence-electron chi connectivity index (χ1n) is 13.5. The largest absolute Gasteiger partial charge is 0.322 e. The minimum atomic E-state index is -0.114. The minimum absolute atomic E-state index is 0.114. The van der Waals surface area contributed by atoms with Crippen LogP contribution in [0.4, 0.5) is 5.69 Å². The summed E-state index contributed by atoms with van der Waals surface area (Å²) >= 11 is 0. The number of rotatable bonds is 8. The fourth-order valence-corrected chi connectivity index (χ4v) is 5.18. The third kappa shape index (κ3) is 6.32. The summed E-state index contributed by atoms with van der Waals surface area (Å²) in [5, 5.41) is 3.07. The molecule has 0 saturated carbocycles. The highest BCUT2D eigenvalue weighted by Crippen LogP contribution is 2.29. The second-order valence-corrected chi connectivity index (χ2v) is 10.1. The van der Waals surface area contributed by atoms with Crippen LogP contribution in [0.3, 0.4) is 0 Å². The van der Waals surface area contributed by atoms with Gasteiger partial charge in [0.05, 0.1) is 5.69 Å². The number of amides is 1. The number of nitrogens with one attached hydrogen (secondary N) is 1. The van der Waals surface area contributed by atoms with Crippen LogP contribution in [-0.2, 0) is 6.42 Å². The van der Waals surface area contributed by atoms with E-state index >= 15 is 0 Å². The molecule has 1 aliphatic rings. The van der Waals surface area contributed by atoms with Gasteiger partial charge in [0.15, 0.2) is 0 Å². The summed E-state index contributed by atoms with van der Waals surface area (Å²) in [5.41, 5.74) is 6.74. The second kappa shape index (κ2) is 12.1. The van der Waals surface area contributed by atoms with Crippen molar-refractivity contribution >= 4 is 11.6 Å². The molecule has 5 rings (SSSR count). The number of anilines is 1. The molecular formula is C32H35N5O. The van der Waals surface area contributed by atoms with Gasteiger partial charge < -0.3 is 10.2 Å². The molecule has 1 fully saturated rings. The Kier molecular flexibility index (Phi) is 8.19. The number of hydrogen-bond donors (Lipinski definition) is 1. The molecule has 6 heteroatoms. The van der Waals surface area contributed by atoms with E-state index in [0.717, 1.165) is 28.1 Å². The first kappa shape index (κ1) is 25.7. The second-order valence-electron chi connectivity index (χ2n) is 10.1. The third-order valence-corrected chi connectivity index (χ3v) is 7.39. The maximum Gasteiger partial charge on any atom is 0.255 e. The SMILES string of the molecule is CCCN1CCC(c2ccc(NC(=O)c3ccc(C)c(Cc4nccc(-c5cccnc5)n4)c3)cc2)CC1.